The highest BCUT2D eigenvalue weighted by Crippen LogP contribution is 2.08. The van der Waals surface area contributed by atoms with Crippen molar-refractivity contribution in [3.63, 3.8) is 0 Å². The summed E-state index contributed by atoms with van der Waals surface area (Å²) < 4.78 is 15.1. The number of carbonyl (C=O) groups is 4. The van der Waals surface area contributed by atoms with Gasteiger partial charge in [-0.1, -0.05) is 44.2 Å². The number of ketones is 1. The third-order valence-corrected chi connectivity index (χ3v) is 4.27. The van der Waals surface area contributed by atoms with Crippen LogP contribution in [0.1, 0.15) is 25.8 Å². The zero-order valence-electron chi connectivity index (χ0n) is 19.9. The number of Topliss-reactive ketones (excluding diaryl/α,β-unsaturated/α-hetero) is 1. The summed E-state index contributed by atoms with van der Waals surface area (Å²) in [4.78, 5) is 48.0. The van der Waals surface area contributed by atoms with E-state index in [1.165, 1.54) is 7.05 Å². The maximum atomic E-state index is 12.8. The Labute approximate surface area is 195 Å². The van der Waals surface area contributed by atoms with Gasteiger partial charge in [-0.3, -0.25) is 14.4 Å². The molecule has 0 spiro atoms. The van der Waals surface area contributed by atoms with E-state index in [0.717, 1.165) is 5.56 Å². The first-order valence-corrected chi connectivity index (χ1v) is 10.8. The number of methoxy groups -OCH3 is 1. The molecule has 33 heavy (non-hydrogen) atoms. The molecule has 186 valence electrons. The SMILES string of the molecule is CN.COCCOCCOC(=O)NC(CC(C)C)C(=O)NC(Cc1ccccc1)C(=O)C=O. The van der Waals surface area contributed by atoms with Gasteiger partial charge in [-0.05, 0) is 24.9 Å². The van der Waals surface area contributed by atoms with Crippen LogP contribution in [-0.2, 0) is 35.0 Å². The fraction of sp³-hybridized carbons (Fsp3) is 0.565. The number of ether oxygens (including phenoxy) is 3. The summed E-state index contributed by atoms with van der Waals surface area (Å²) in [5.41, 5.74) is 5.30. The average Bonchev–Trinajstić information content (AvgIpc) is 2.81. The third-order valence-electron chi connectivity index (χ3n) is 4.27. The van der Waals surface area contributed by atoms with Gasteiger partial charge in [-0.2, -0.15) is 0 Å². The Kier molecular flexibility index (Phi) is 17.1. The Hall–Kier alpha value is -2.82. The first-order valence-electron chi connectivity index (χ1n) is 10.8. The van der Waals surface area contributed by atoms with Gasteiger partial charge >= 0.3 is 6.09 Å². The minimum atomic E-state index is -1.02. The summed E-state index contributed by atoms with van der Waals surface area (Å²) in [6.45, 7) is 4.83. The van der Waals surface area contributed by atoms with Crippen molar-refractivity contribution in [2.24, 2.45) is 11.7 Å². The van der Waals surface area contributed by atoms with Crippen LogP contribution in [0.2, 0.25) is 0 Å². The van der Waals surface area contributed by atoms with Gasteiger partial charge in [0.2, 0.25) is 11.7 Å². The summed E-state index contributed by atoms with van der Waals surface area (Å²) in [6.07, 6.45) is -0.0747. The van der Waals surface area contributed by atoms with Crippen molar-refractivity contribution in [1.29, 1.82) is 0 Å². The molecular formula is C23H37N3O7. The van der Waals surface area contributed by atoms with Gasteiger partial charge in [0.15, 0.2) is 6.29 Å². The van der Waals surface area contributed by atoms with E-state index in [2.05, 4.69) is 16.4 Å². The Morgan fingerprint density at radius 3 is 2.18 bits per heavy atom. The van der Waals surface area contributed by atoms with Crippen molar-refractivity contribution in [1.82, 2.24) is 10.6 Å². The number of carbonyl (C=O) groups excluding carboxylic acids is 4. The number of hydrogen-bond donors (Lipinski definition) is 3. The highest BCUT2D eigenvalue weighted by Gasteiger charge is 2.27. The van der Waals surface area contributed by atoms with Gasteiger partial charge < -0.3 is 30.6 Å². The second-order valence-electron chi connectivity index (χ2n) is 7.34. The van der Waals surface area contributed by atoms with E-state index >= 15 is 0 Å². The molecule has 0 aliphatic carbocycles. The van der Waals surface area contributed by atoms with E-state index in [0.29, 0.717) is 19.6 Å². The molecule has 2 atom stereocenters. The second kappa shape index (κ2) is 18.7. The number of nitrogens with two attached hydrogens (primary N) is 1. The van der Waals surface area contributed by atoms with Gasteiger partial charge in [0.25, 0.3) is 0 Å². The van der Waals surface area contributed by atoms with Crippen molar-refractivity contribution in [2.45, 2.75) is 38.8 Å². The number of hydrogen-bond acceptors (Lipinski definition) is 8. The van der Waals surface area contributed by atoms with Crippen molar-refractivity contribution in [3.8, 4) is 0 Å². The van der Waals surface area contributed by atoms with Crippen LogP contribution < -0.4 is 16.4 Å². The van der Waals surface area contributed by atoms with Gasteiger partial charge in [0.05, 0.1) is 25.9 Å². The Balaban J connectivity index is 0.00000497. The van der Waals surface area contributed by atoms with Crippen LogP contribution in [0.3, 0.4) is 0 Å². The fourth-order valence-electron chi connectivity index (χ4n) is 2.75. The van der Waals surface area contributed by atoms with Crippen LogP contribution >= 0.6 is 0 Å². The van der Waals surface area contributed by atoms with Gasteiger partial charge in [-0.15, -0.1) is 0 Å². The standard InChI is InChI=1S/C22H32N2O7.CH5N/c1-16(2)13-19(24-22(28)31-12-11-30-10-9-29-3)21(27)23-18(20(26)15-25)14-17-7-5-4-6-8-17;1-2/h4-8,15-16,18-19H,9-14H2,1-3H3,(H,23,27)(H,24,28);2H2,1H3. The predicted octanol–water partition coefficient (Wildman–Crippen LogP) is 0.861. The first-order chi connectivity index (χ1) is 15.9. The molecule has 10 heteroatoms. The van der Waals surface area contributed by atoms with Gasteiger partial charge in [0, 0.05) is 13.5 Å². The summed E-state index contributed by atoms with van der Waals surface area (Å²) in [7, 11) is 3.06. The van der Waals surface area contributed by atoms with Crippen LogP contribution in [0.15, 0.2) is 30.3 Å². The van der Waals surface area contributed by atoms with Crippen LogP contribution in [0.5, 0.6) is 0 Å². The highest BCUT2D eigenvalue weighted by molar-refractivity contribution is 6.28. The molecule has 0 heterocycles. The monoisotopic (exact) mass is 467 g/mol. The fourth-order valence-corrected chi connectivity index (χ4v) is 2.75. The van der Waals surface area contributed by atoms with Crippen molar-refractivity contribution >= 4 is 24.1 Å². The molecule has 0 aromatic heterocycles. The van der Waals surface area contributed by atoms with Gasteiger partial charge in [0.1, 0.15) is 12.6 Å². The molecule has 0 saturated heterocycles. The molecule has 0 aliphatic rings. The van der Waals surface area contributed by atoms with Crippen molar-refractivity contribution in [2.75, 3.05) is 40.6 Å². The van der Waals surface area contributed by atoms with Crippen molar-refractivity contribution < 1.29 is 33.4 Å². The highest BCUT2D eigenvalue weighted by atomic mass is 16.6. The number of benzene rings is 1. The topological polar surface area (TPSA) is 146 Å². The van der Waals surface area contributed by atoms with Crippen LogP contribution in [0.25, 0.3) is 0 Å². The Bertz CT molecular complexity index is 699. The largest absolute Gasteiger partial charge is 0.447 e. The lowest BCUT2D eigenvalue weighted by Gasteiger charge is -2.23. The van der Waals surface area contributed by atoms with E-state index in [-0.39, 0.29) is 31.8 Å². The molecule has 2 unspecified atom stereocenters. The van der Waals surface area contributed by atoms with E-state index in [1.807, 2.05) is 19.9 Å². The van der Waals surface area contributed by atoms with Crippen LogP contribution in [0.4, 0.5) is 4.79 Å². The molecule has 4 N–H and O–H groups in total. The van der Waals surface area contributed by atoms with Crippen molar-refractivity contribution in [3.05, 3.63) is 35.9 Å². The summed E-state index contributed by atoms with van der Waals surface area (Å²) in [5.74, 6) is -1.21. The molecule has 1 aromatic carbocycles. The van der Waals surface area contributed by atoms with E-state index in [4.69, 9.17) is 14.2 Å². The van der Waals surface area contributed by atoms with Crippen LogP contribution in [-0.4, -0.2) is 76.7 Å². The van der Waals surface area contributed by atoms with Gasteiger partial charge in [-0.25, -0.2) is 4.79 Å². The Morgan fingerprint density at radius 2 is 1.61 bits per heavy atom. The molecule has 0 aliphatic heterocycles. The molecule has 1 aromatic rings. The smallest absolute Gasteiger partial charge is 0.407 e. The quantitative estimate of drug-likeness (QED) is 0.196. The molecule has 2 amide bonds. The zero-order chi connectivity index (χ0) is 25.1. The maximum Gasteiger partial charge on any atom is 0.407 e. The first kappa shape index (κ1) is 30.2. The molecular weight excluding hydrogens is 430 g/mol. The molecule has 10 nitrogen and oxygen atoms in total. The minimum absolute atomic E-state index is 0.0197. The lowest BCUT2D eigenvalue weighted by molar-refractivity contribution is -0.133. The predicted molar refractivity (Wildman–Crippen MR) is 124 cm³/mol. The minimum Gasteiger partial charge on any atom is -0.447 e. The summed E-state index contributed by atoms with van der Waals surface area (Å²) >= 11 is 0. The number of aldehydes is 1. The summed E-state index contributed by atoms with van der Waals surface area (Å²) in [5, 5.41) is 5.11. The normalized spacial score (nSPS) is 12.1. The molecule has 1 rings (SSSR count). The number of alkyl carbamates (subject to hydrolysis) is 1. The second-order valence-corrected chi connectivity index (χ2v) is 7.34. The molecule has 0 radical (unpaired) electrons. The van der Waals surface area contributed by atoms with E-state index in [9.17, 15) is 19.2 Å². The number of rotatable bonds is 15. The lowest BCUT2D eigenvalue weighted by atomic mass is 10.00. The van der Waals surface area contributed by atoms with E-state index < -0.39 is 29.9 Å². The third kappa shape index (κ3) is 14.0. The summed E-state index contributed by atoms with van der Waals surface area (Å²) in [6, 6.07) is 7.10. The molecule has 0 bridgehead atoms. The maximum absolute atomic E-state index is 12.8. The van der Waals surface area contributed by atoms with Crippen LogP contribution in [0, 0.1) is 5.92 Å². The Morgan fingerprint density at radius 1 is 0.970 bits per heavy atom. The van der Waals surface area contributed by atoms with E-state index in [1.54, 1.807) is 31.4 Å². The average molecular weight is 468 g/mol. The number of amides is 2. The lowest BCUT2D eigenvalue weighted by Crippen LogP contribution is -2.53. The zero-order valence-corrected chi connectivity index (χ0v) is 19.9. The molecule has 0 fully saturated rings. The molecule has 0 saturated carbocycles. The number of nitrogens with one attached hydrogen (secondary N) is 2.